The zero-order valence-corrected chi connectivity index (χ0v) is 7.41. The van der Waals surface area contributed by atoms with Crippen LogP contribution in [0, 0.1) is 0 Å². The molecule has 13 heavy (non-hydrogen) atoms. The third-order valence-corrected chi connectivity index (χ3v) is 2.91. The van der Waals surface area contributed by atoms with Crippen LogP contribution in [0.4, 0.5) is 4.79 Å². The van der Waals surface area contributed by atoms with Crippen LogP contribution in [0.5, 0.6) is 0 Å². The van der Waals surface area contributed by atoms with Gasteiger partial charge in [0.2, 0.25) is 0 Å². The van der Waals surface area contributed by atoms with Gasteiger partial charge in [0.15, 0.2) is 0 Å². The highest BCUT2D eigenvalue weighted by Crippen LogP contribution is 2.09. The molecule has 0 saturated carbocycles. The number of nitrogens with two attached hydrogens (primary N) is 1. The first kappa shape index (κ1) is 9.69. The number of hydrogen-bond donors (Lipinski definition) is 2. The minimum atomic E-state index is -3.96. The van der Waals surface area contributed by atoms with E-state index in [1.165, 1.54) is 24.3 Å². The van der Waals surface area contributed by atoms with E-state index < -0.39 is 15.1 Å². The van der Waals surface area contributed by atoms with Crippen LogP contribution in [0.15, 0.2) is 35.2 Å². The zero-order chi connectivity index (χ0) is 9.90. The predicted molar refractivity (Wildman–Crippen MR) is 46.3 cm³/mol. The summed E-state index contributed by atoms with van der Waals surface area (Å²) in [5, 5.41) is -1.21. The highest BCUT2D eigenvalue weighted by atomic mass is 32.2. The largest absolute Gasteiger partial charge is 0.355 e. The molecule has 6 heteroatoms. The lowest BCUT2D eigenvalue weighted by Crippen LogP contribution is -2.34. The molecule has 1 amide bonds. The summed E-state index contributed by atoms with van der Waals surface area (Å²) in [5.41, 5.74) is 1.58. The van der Waals surface area contributed by atoms with Gasteiger partial charge in [-0.15, -0.1) is 0 Å². The average molecular weight is 200 g/mol. The molecule has 0 atom stereocenters. The lowest BCUT2D eigenvalue weighted by atomic mass is 10.4. The number of rotatable bonds is 1. The van der Waals surface area contributed by atoms with Crippen molar-refractivity contribution in [2.24, 2.45) is 5.84 Å². The second-order valence-corrected chi connectivity index (χ2v) is 4.10. The Morgan fingerprint density at radius 2 is 1.77 bits per heavy atom. The molecule has 3 N–H and O–H groups in total. The molecule has 1 aromatic carbocycles. The van der Waals surface area contributed by atoms with Gasteiger partial charge in [0.05, 0.1) is 4.90 Å². The van der Waals surface area contributed by atoms with E-state index in [4.69, 9.17) is 5.84 Å². The standard InChI is InChI=1S/C7H8N2O3S/c8-9-7(10)13(11,12)6-4-2-1-3-5-6/h1-5H,8H2,(H,9,10). The van der Waals surface area contributed by atoms with Crippen molar-refractivity contribution in [2.45, 2.75) is 4.90 Å². The lowest BCUT2D eigenvalue weighted by molar-refractivity contribution is 0.258. The number of benzene rings is 1. The fraction of sp³-hybridized carbons (Fsp3) is 0. The number of carbonyl (C=O) groups excluding carboxylic acids is 1. The summed E-state index contributed by atoms with van der Waals surface area (Å²) < 4.78 is 22.5. The van der Waals surface area contributed by atoms with Gasteiger partial charge in [-0.25, -0.2) is 14.3 Å². The van der Waals surface area contributed by atoms with Gasteiger partial charge in [-0.05, 0) is 12.1 Å². The number of sulfone groups is 1. The van der Waals surface area contributed by atoms with E-state index in [0.29, 0.717) is 0 Å². The van der Waals surface area contributed by atoms with Crippen LogP contribution in [0.3, 0.4) is 0 Å². The third-order valence-electron chi connectivity index (χ3n) is 1.42. The molecule has 0 spiro atoms. The van der Waals surface area contributed by atoms with E-state index >= 15 is 0 Å². The maximum Gasteiger partial charge on any atom is 0.355 e. The minimum absolute atomic E-state index is 0.0713. The molecule has 0 aliphatic carbocycles. The normalized spacial score (nSPS) is 10.8. The van der Waals surface area contributed by atoms with E-state index in [0.717, 1.165) is 0 Å². The third kappa shape index (κ3) is 1.85. The van der Waals surface area contributed by atoms with Crippen molar-refractivity contribution >= 4 is 15.1 Å². The van der Waals surface area contributed by atoms with Gasteiger partial charge in [-0.3, -0.25) is 10.2 Å². The van der Waals surface area contributed by atoms with Crippen molar-refractivity contribution in [1.29, 1.82) is 0 Å². The molecule has 0 radical (unpaired) electrons. The molecular formula is C7H8N2O3S. The molecule has 0 bridgehead atoms. The van der Waals surface area contributed by atoms with Crippen molar-refractivity contribution in [1.82, 2.24) is 5.43 Å². The summed E-state index contributed by atoms with van der Waals surface area (Å²) in [6, 6.07) is 7.35. The first-order valence-corrected chi connectivity index (χ1v) is 4.88. The number of amides is 1. The van der Waals surface area contributed by atoms with Crippen LogP contribution < -0.4 is 11.3 Å². The Labute approximate surface area is 75.4 Å². The first-order valence-electron chi connectivity index (χ1n) is 3.40. The summed E-state index contributed by atoms with van der Waals surface area (Å²) in [5.74, 6) is 4.72. The molecule has 1 aromatic rings. The van der Waals surface area contributed by atoms with Crippen LogP contribution in [0.25, 0.3) is 0 Å². The van der Waals surface area contributed by atoms with Crippen molar-refractivity contribution in [3.63, 3.8) is 0 Å². The van der Waals surface area contributed by atoms with E-state index in [2.05, 4.69) is 0 Å². The van der Waals surface area contributed by atoms with Crippen LogP contribution in [-0.4, -0.2) is 13.7 Å². The molecule has 0 unspecified atom stereocenters. The van der Waals surface area contributed by atoms with Gasteiger partial charge in [0.1, 0.15) is 0 Å². The number of hydrazine groups is 1. The number of carbonyl (C=O) groups is 1. The van der Waals surface area contributed by atoms with Crippen LogP contribution >= 0.6 is 0 Å². The van der Waals surface area contributed by atoms with E-state index in [1.54, 1.807) is 11.5 Å². The molecule has 0 fully saturated rings. The highest BCUT2D eigenvalue weighted by molar-refractivity contribution is 8.06. The number of hydrogen-bond acceptors (Lipinski definition) is 4. The van der Waals surface area contributed by atoms with Gasteiger partial charge in [0, 0.05) is 0 Å². The molecule has 1 rings (SSSR count). The Balaban J connectivity index is 3.17. The molecule has 0 aliphatic rings. The van der Waals surface area contributed by atoms with E-state index in [-0.39, 0.29) is 4.90 Å². The van der Waals surface area contributed by atoms with Crippen molar-refractivity contribution in [2.75, 3.05) is 0 Å². The Bertz CT molecular complexity index is 399. The molecule has 0 aliphatic heterocycles. The van der Waals surface area contributed by atoms with Crippen molar-refractivity contribution < 1.29 is 13.2 Å². The SMILES string of the molecule is NNC(=O)S(=O)(=O)c1ccccc1. The average Bonchev–Trinajstić information content (AvgIpc) is 2.18. The van der Waals surface area contributed by atoms with Crippen molar-refractivity contribution in [3.8, 4) is 0 Å². The molecule has 0 saturated heterocycles. The quantitative estimate of drug-likeness (QED) is 0.380. The summed E-state index contributed by atoms with van der Waals surface area (Å²) in [7, 11) is -3.96. The smallest absolute Gasteiger partial charge is 0.280 e. The maximum atomic E-state index is 11.3. The second-order valence-electron chi connectivity index (χ2n) is 2.25. The summed E-state index contributed by atoms with van der Waals surface area (Å²) in [4.78, 5) is 10.7. The summed E-state index contributed by atoms with van der Waals surface area (Å²) >= 11 is 0. The van der Waals surface area contributed by atoms with E-state index in [1.807, 2.05) is 0 Å². The Morgan fingerprint density at radius 3 is 2.23 bits per heavy atom. The Morgan fingerprint density at radius 1 is 1.23 bits per heavy atom. The zero-order valence-electron chi connectivity index (χ0n) is 6.60. The Hall–Kier alpha value is -1.40. The van der Waals surface area contributed by atoms with Crippen LogP contribution in [0.2, 0.25) is 0 Å². The molecule has 0 heterocycles. The Kier molecular flexibility index (Phi) is 2.64. The van der Waals surface area contributed by atoms with Crippen molar-refractivity contribution in [3.05, 3.63) is 30.3 Å². The summed E-state index contributed by atoms with van der Waals surface area (Å²) in [6.07, 6.45) is 0. The van der Waals surface area contributed by atoms with Gasteiger partial charge in [-0.2, -0.15) is 0 Å². The highest BCUT2D eigenvalue weighted by Gasteiger charge is 2.22. The molecular weight excluding hydrogens is 192 g/mol. The lowest BCUT2D eigenvalue weighted by Gasteiger charge is -2.00. The molecule has 70 valence electrons. The number of nitrogens with one attached hydrogen (secondary N) is 1. The fourth-order valence-electron chi connectivity index (χ4n) is 0.784. The minimum Gasteiger partial charge on any atom is -0.280 e. The fourth-order valence-corrected chi connectivity index (χ4v) is 1.67. The topological polar surface area (TPSA) is 89.3 Å². The van der Waals surface area contributed by atoms with Crippen LogP contribution in [-0.2, 0) is 9.84 Å². The van der Waals surface area contributed by atoms with Gasteiger partial charge >= 0.3 is 5.24 Å². The maximum absolute atomic E-state index is 11.3. The van der Waals surface area contributed by atoms with Gasteiger partial charge in [0.25, 0.3) is 9.84 Å². The molecule has 0 aromatic heterocycles. The van der Waals surface area contributed by atoms with Gasteiger partial charge in [-0.1, -0.05) is 18.2 Å². The monoisotopic (exact) mass is 200 g/mol. The summed E-state index contributed by atoms with van der Waals surface area (Å²) in [6.45, 7) is 0. The molecule has 5 nitrogen and oxygen atoms in total. The predicted octanol–water partition coefficient (Wildman–Crippen LogP) is 0.0436. The first-order chi connectivity index (χ1) is 6.09. The van der Waals surface area contributed by atoms with Gasteiger partial charge < -0.3 is 0 Å². The van der Waals surface area contributed by atoms with Crippen LogP contribution in [0.1, 0.15) is 0 Å². The van der Waals surface area contributed by atoms with E-state index in [9.17, 15) is 13.2 Å². The second kappa shape index (κ2) is 3.55.